The summed E-state index contributed by atoms with van der Waals surface area (Å²) in [6.45, 7) is 4.22. The minimum absolute atomic E-state index is 0.0954. The Balaban J connectivity index is 1.53. The highest BCUT2D eigenvalue weighted by molar-refractivity contribution is 5.88. The van der Waals surface area contributed by atoms with Crippen molar-refractivity contribution in [3.63, 3.8) is 0 Å². The first-order valence-electron chi connectivity index (χ1n) is 10.1. The zero-order chi connectivity index (χ0) is 22.1. The molecule has 1 aliphatic rings. The van der Waals surface area contributed by atoms with Crippen molar-refractivity contribution in [2.75, 3.05) is 25.0 Å². The SMILES string of the molecule is CC(=O)Nc1ccc(CN2CCOC(c3ccc4c(=O)n(C)c(=O)n(C)c4n3)C2)cc1. The lowest BCUT2D eigenvalue weighted by atomic mass is 10.1. The lowest BCUT2D eigenvalue weighted by molar-refractivity contribution is -0.114. The molecular weight excluding hydrogens is 398 g/mol. The summed E-state index contributed by atoms with van der Waals surface area (Å²) in [5.74, 6) is -0.0954. The minimum atomic E-state index is -0.406. The van der Waals surface area contributed by atoms with E-state index in [2.05, 4.69) is 15.2 Å². The number of aromatic nitrogens is 3. The lowest BCUT2D eigenvalue weighted by Gasteiger charge is -2.32. The van der Waals surface area contributed by atoms with Gasteiger partial charge in [0, 0.05) is 46.3 Å². The van der Waals surface area contributed by atoms with E-state index >= 15 is 0 Å². The van der Waals surface area contributed by atoms with Crippen molar-refractivity contribution < 1.29 is 9.53 Å². The van der Waals surface area contributed by atoms with Gasteiger partial charge in [-0.1, -0.05) is 12.1 Å². The van der Waals surface area contributed by atoms with Crippen molar-refractivity contribution >= 4 is 22.6 Å². The van der Waals surface area contributed by atoms with E-state index in [1.165, 1.54) is 18.5 Å². The highest BCUT2D eigenvalue weighted by Crippen LogP contribution is 2.23. The molecule has 2 aromatic heterocycles. The van der Waals surface area contributed by atoms with Gasteiger partial charge in [0.2, 0.25) is 5.91 Å². The molecule has 0 aliphatic carbocycles. The molecule has 9 nitrogen and oxygen atoms in total. The van der Waals surface area contributed by atoms with Gasteiger partial charge in [0.05, 0.1) is 17.7 Å². The summed E-state index contributed by atoms with van der Waals surface area (Å²) >= 11 is 0. The molecule has 1 fully saturated rings. The number of nitrogens with zero attached hydrogens (tertiary/aromatic N) is 4. The van der Waals surface area contributed by atoms with Crippen LogP contribution in [0.5, 0.6) is 0 Å². The molecule has 1 saturated heterocycles. The van der Waals surface area contributed by atoms with Crippen molar-refractivity contribution in [2.45, 2.75) is 19.6 Å². The number of ether oxygens (including phenoxy) is 1. The fourth-order valence-electron chi connectivity index (χ4n) is 3.83. The first-order chi connectivity index (χ1) is 14.8. The Morgan fingerprint density at radius 3 is 2.58 bits per heavy atom. The number of aryl methyl sites for hydroxylation is 1. The molecule has 1 amide bonds. The summed E-state index contributed by atoms with van der Waals surface area (Å²) in [6.07, 6.45) is -0.254. The van der Waals surface area contributed by atoms with E-state index in [0.717, 1.165) is 28.9 Å². The molecule has 0 bridgehead atoms. The molecule has 3 heterocycles. The molecule has 0 saturated carbocycles. The van der Waals surface area contributed by atoms with E-state index in [-0.39, 0.29) is 17.6 Å². The van der Waals surface area contributed by atoms with E-state index in [9.17, 15) is 14.4 Å². The van der Waals surface area contributed by atoms with Crippen molar-refractivity contribution in [1.29, 1.82) is 0 Å². The summed E-state index contributed by atoms with van der Waals surface area (Å²) in [5.41, 5.74) is 2.20. The Labute approximate surface area is 178 Å². The van der Waals surface area contributed by atoms with Gasteiger partial charge >= 0.3 is 5.69 Å². The van der Waals surface area contributed by atoms with E-state index in [1.807, 2.05) is 24.3 Å². The monoisotopic (exact) mass is 423 g/mol. The van der Waals surface area contributed by atoms with Crippen LogP contribution in [0, 0.1) is 0 Å². The largest absolute Gasteiger partial charge is 0.369 e. The van der Waals surface area contributed by atoms with Crippen LogP contribution >= 0.6 is 0 Å². The zero-order valence-electron chi connectivity index (χ0n) is 17.8. The van der Waals surface area contributed by atoms with Crippen LogP contribution in [0.1, 0.15) is 24.3 Å². The minimum Gasteiger partial charge on any atom is -0.369 e. The topological polar surface area (TPSA) is 98.5 Å². The molecule has 31 heavy (non-hydrogen) atoms. The van der Waals surface area contributed by atoms with Crippen LogP contribution in [0.4, 0.5) is 5.69 Å². The second-order valence-corrected chi connectivity index (χ2v) is 7.79. The number of pyridine rings is 1. The van der Waals surface area contributed by atoms with Gasteiger partial charge in [0.15, 0.2) is 0 Å². The van der Waals surface area contributed by atoms with Gasteiger partial charge in [-0.05, 0) is 29.8 Å². The molecule has 3 aromatic rings. The predicted molar refractivity (Wildman–Crippen MR) is 117 cm³/mol. The third-order valence-electron chi connectivity index (χ3n) is 5.48. The second-order valence-electron chi connectivity index (χ2n) is 7.79. The Morgan fingerprint density at radius 2 is 1.87 bits per heavy atom. The van der Waals surface area contributed by atoms with E-state index in [1.54, 1.807) is 19.2 Å². The third kappa shape index (κ3) is 4.28. The summed E-state index contributed by atoms with van der Waals surface area (Å²) in [7, 11) is 3.07. The molecule has 0 spiro atoms. The highest BCUT2D eigenvalue weighted by Gasteiger charge is 2.24. The summed E-state index contributed by atoms with van der Waals surface area (Å²) in [5, 5.41) is 3.17. The van der Waals surface area contributed by atoms with Gasteiger partial charge in [0.25, 0.3) is 5.56 Å². The normalized spacial score (nSPS) is 17.1. The molecule has 162 valence electrons. The molecule has 1 atom stereocenters. The number of nitrogens with one attached hydrogen (secondary N) is 1. The van der Waals surface area contributed by atoms with Crippen molar-refractivity contribution in [3.05, 3.63) is 68.5 Å². The quantitative estimate of drug-likeness (QED) is 0.676. The molecule has 1 aliphatic heterocycles. The average Bonchev–Trinajstić information content (AvgIpc) is 2.77. The van der Waals surface area contributed by atoms with Crippen LogP contribution in [-0.4, -0.2) is 44.6 Å². The maximum absolute atomic E-state index is 12.4. The number of carbonyl (C=O) groups is 1. The molecule has 4 rings (SSSR count). The van der Waals surface area contributed by atoms with E-state index < -0.39 is 5.69 Å². The number of amides is 1. The Morgan fingerprint density at radius 1 is 1.13 bits per heavy atom. The van der Waals surface area contributed by atoms with Crippen molar-refractivity contribution in [1.82, 2.24) is 19.0 Å². The van der Waals surface area contributed by atoms with E-state index in [4.69, 9.17) is 4.74 Å². The number of rotatable bonds is 4. The standard InChI is InChI=1S/C22H25N5O4/c1-14(28)23-16-6-4-15(5-7-16)12-27-10-11-31-19(13-27)18-9-8-17-20(24-18)25(2)22(30)26(3)21(17)29/h4-9,19H,10-13H2,1-3H3,(H,23,28). The fraction of sp³-hybridized carbons (Fsp3) is 0.364. The molecule has 0 radical (unpaired) electrons. The van der Waals surface area contributed by atoms with Crippen molar-refractivity contribution in [2.24, 2.45) is 14.1 Å². The smallest absolute Gasteiger partial charge is 0.332 e. The van der Waals surface area contributed by atoms with Gasteiger partial charge in [-0.3, -0.25) is 23.6 Å². The number of carbonyl (C=O) groups excluding carboxylic acids is 1. The Bertz CT molecular complexity index is 1250. The summed E-state index contributed by atoms with van der Waals surface area (Å²) < 4.78 is 8.41. The molecule has 1 unspecified atom stereocenters. The molecule has 1 aromatic carbocycles. The highest BCUT2D eigenvalue weighted by atomic mass is 16.5. The Kier molecular flexibility index (Phi) is 5.71. The fourth-order valence-corrected chi connectivity index (χ4v) is 3.83. The molecule has 9 heteroatoms. The van der Waals surface area contributed by atoms with Crippen LogP contribution in [0.3, 0.4) is 0 Å². The van der Waals surface area contributed by atoms with Gasteiger partial charge in [-0.25, -0.2) is 9.78 Å². The van der Waals surface area contributed by atoms with Gasteiger partial charge in [-0.2, -0.15) is 0 Å². The number of benzene rings is 1. The first-order valence-corrected chi connectivity index (χ1v) is 10.1. The van der Waals surface area contributed by atoms with Crippen LogP contribution in [0.25, 0.3) is 11.0 Å². The molecule has 1 N–H and O–H groups in total. The average molecular weight is 423 g/mol. The summed E-state index contributed by atoms with van der Waals surface area (Å²) in [6, 6.07) is 11.3. The first kappa shape index (κ1) is 21.0. The summed E-state index contributed by atoms with van der Waals surface area (Å²) in [4.78, 5) is 42.7. The number of hydrogen-bond donors (Lipinski definition) is 1. The maximum atomic E-state index is 12.4. The van der Waals surface area contributed by atoms with Gasteiger partial charge < -0.3 is 10.1 Å². The van der Waals surface area contributed by atoms with E-state index in [0.29, 0.717) is 29.9 Å². The van der Waals surface area contributed by atoms with Crippen LogP contribution in [0.2, 0.25) is 0 Å². The third-order valence-corrected chi connectivity index (χ3v) is 5.48. The molecular formula is C22H25N5O4. The number of hydrogen-bond acceptors (Lipinski definition) is 6. The zero-order valence-corrected chi connectivity index (χ0v) is 17.8. The van der Waals surface area contributed by atoms with Crippen LogP contribution < -0.4 is 16.6 Å². The number of anilines is 1. The van der Waals surface area contributed by atoms with Gasteiger partial charge in [-0.15, -0.1) is 0 Å². The predicted octanol–water partition coefficient (Wildman–Crippen LogP) is 1.16. The number of fused-ring (bicyclic) bond motifs is 1. The second kappa shape index (κ2) is 8.44. The number of morpholine rings is 1. The van der Waals surface area contributed by atoms with Crippen LogP contribution in [-0.2, 0) is 30.2 Å². The lowest BCUT2D eigenvalue weighted by Crippen LogP contribution is -2.39. The van der Waals surface area contributed by atoms with Crippen molar-refractivity contribution in [3.8, 4) is 0 Å². The maximum Gasteiger partial charge on any atom is 0.332 e. The van der Waals surface area contributed by atoms with Gasteiger partial charge in [0.1, 0.15) is 11.8 Å². The Hall–Kier alpha value is -3.30. The van der Waals surface area contributed by atoms with Crippen LogP contribution in [0.15, 0.2) is 46.0 Å².